The summed E-state index contributed by atoms with van der Waals surface area (Å²) in [6, 6.07) is 3.91. The Balaban J connectivity index is 1.82. The highest BCUT2D eigenvalue weighted by Gasteiger charge is 2.11. The van der Waals surface area contributed by atoms with Crippen LogP contribution in [0.2, 0.25) is 5.02 Å². The van der Waals surface area contributed by atoms with Crippen molar-refractivity contribution in [1.82, 2.24) is 10.2 Å². The summed E-state index contributed by atoms with van der Waals surface area (Å²) < 4.78 is 18.3. The van der Waals surface area contributed by atoms with Crippen LogP contribution in [0.25, 0.3) is 0 Å². The number of anilines is 2. The molecule has 11 heteroatoms. The maximum Gasteiger partial charge on any atom is 0.413 e. The number of nitrogens with zero attached hydrogens (tertiary/aromatic N) is 2. The van der Waals surface area contributed by atoms with Gasteiger partial charge in [-0.3, -0.25) is 10.1 Å². The van der Waals surface area contributed by atoms with Gasteiger partial charge in [-0.15, -0.1) is 10.2 Å². The van der Waals surface area contributed by atoms with E-state index in [9.17, 15) is 14.0 Å². The summed E-state index contributed by atoms with van der Waals surface area (Å²) >= 11 is 7.91. The Morgan fingerprint density at radius 2 is 2.17 bits per heavy atom. The fourth-order valence-corrected chi connectivity index (χ4v) is 3.19. The van der Waals surface area contributed by atoms with Gasteiger partial charge in [0.25, 0.3) is 0 Å². The van der Waals surface area contributed by atoms with E-state index in [1.165, 1.54) is 18.2 Å². The Morgan fingerprint density at radius 1 is 1.38 bits per heavy atom. The number of ether oxygens (including phenoxy) is 1. The van der Waals surface area contributed by atoms with Crippen LogP contribution in [-0.2, 0) is 9.53 Å². The van der Waals surface area contributed by atoms with Crippen LogP contribution in [0.1, 0.15) is 6.92 Å². The van der Waals surface area contributed by atoms with E-state index in [1.807, 2.05) is 0 Å². The molecule has 0 fully saturated rings. The third kappa shape index (κ3) is 5.62. The summed E-state index contributed by atoms with van der Waals surface area (Å²) in [5, 5.41) is 12.8. The molecule has 0 aliphatic heterocycles. The molecule has 128 valence electrons. The first-order chi connectivity index (χ1) is 11.5. The van der Waals surface area contributed by atoms with Crippen molar-refractivity contribution in [2.75, 3.05) is 23.0 Å². The lowest BCUT2D eigenvalue weighted by Crippen LogP contribution is -2.13. The van der Waals surface area contributed by atoms with Gasteiger partial charge in [-0.2, -0.15) is 0 Å². The van der Waals surface area contributed by atoms with Crippen molar-refractivity contribution in [3.63, 3.8) is 0 Å². The van der Waals surface area contributed by atoms with E-state index >= 15 is 0 Å². The Labute approximate surface area is 149 Å². The van der Waals surface area contributed by atoms with Gasteiger partial charge in [-0.25, -0.2) is 9.18 Å². The molecule has 0 radical (unpaired) electrons. The number of carbonyl (C=O) groups is 2. The van der Waals surface area contributed by atoms with Gasteiger partial charge in [0.1, 0.15) is 5.82 Å². The van der Waals surface area contributed by atoms with E-state index in [-0.39, 0.29) is 28.4 Å². The fourth-order valence-electron chi connectivity index (χ4n) is 1.47. The molecule has 7 nitrogen and oxygen atoms in total. The zero-order valence-corrected chi connectivity index (χ0v) is 14.7. The summed E-state index contributed by atoms with van der Waals surface area (Å²) in [6.07, 6.45) is -0.615. The van der Waals surface area contributed by atoms with Crippen LogP contribution in [0.15, 0.2) is 22.5 Å². The third-order valence-corrected chi connectivity index (χ3v) is 4.68. The zero-order valence-electron chi connectivity index (χ0n) is 12.3. The van der Waals surface area contributed by atoms with E-state index in [1.54, 1.807) is 6.92 Å². The molecule has 0 saturated carbocycles. The number of amides is 2. The Kier molecular flexibility index (Phi) is 6.76. The molecule has 24 heavy (non-hydrogen) atoms. The van der Waals surface area contributed by atoms with Crippen LogP contribution < -0.4 is 10.6 Å². The van der Waals surface area contributed by atoms with E-state index in [0.29, 0.717) is 10.0 Å². The monoisotopic (exact) mass is 390 g/mol. The maximum atomic E-state index is 13.0. The highest BCUT2D eigenvalue weighted by Crippen LogP contribution is 2.26. The number of aromatic nitrogens is 2. The Morgan fingerprint density at radius 3 is 2.88 bits per heavy atom. The van der Waals surface area contributed by atoms with Gasteiger partial charge in [0.2, 0.25) is 11.0 Å². The van der Waals surface area contributed by atoms with E-state index < -0.39 is 11.9 Å². The summed E-state index contributed by atoms with van der Waals surface area (Å²) in [7, 11) is 0. The Bertz CT molecular complexity index is 744. The van der Waals surface area contributed by atoms with Gasteiger partial charge < -0.3 is 10.1 Å². The van der Waals surface area contributed by atoms with Gasteiger partial charge >= 0.3 is 6.09 Å². The highest BCUT2D eigenvalue weighted by molar-refractivity contribution is 8.01. The summed E-state index contributed by atoms with van der Waals surface area (Å²) in [5.74, 6) is -0.791. The quantitative estimate of drug-likeness (QED) is 0.578. The molecule has 1 heterocycles. The summed E-state index contributed by atoms with van der Waals surface area (Å²) in [4.78, 5) is 23.1. The Hall–Kier alpha value is -1.91. The molecule has 0 spiro atoms. The molecule has 2 aromatic rings. The number of hydrogen-bond donors (Lipinski definition) is 2. The van der Waals surface area contributed by atoms with E-state index in [2.05, 4.69) is 20.8 Å². The summed E-state index contributed by atoms with van der Waals surface area (Å²) in [6.45, 7) is 1.94. The molecule has 1 aromatic heterocycles. The molecule has 0 unspecified atom stereocenters. The molecule has 2 rings (SSSR count). The predicted molar refractivity (Wildman–Crippen MR) is 91.3 cm³/mol. The molecule has 0 saturated heterocycles. The molecule has 2 amide bonds. The first kappa shape index (κ1) is 18.4. The van der Waals surface area contributed by atoms with E-state index in [0.717, 1.165) is 23.1 Å². The molecule has 2 N–H and O–H groups in total. The number of benzene rings is 1. The van der Waals surface area contributed by atoms with Crippen molar-refractivity contribution in [2.24, 2.45) is 0 Å². The standard InChI is InChI=1S/C13H12ClFN4O3S2/c1-2-22-12(21)17-11-18-19-13(24-11)23-6-10(20)16-7-3-4-9(15)8(14)5-7/h3-5H,2,6H2,1H3,(H,16,20)(H,17,18,21). The minimum atomic E-state index is -0.615. The van der Waals surface area contributed by atoms with Crippen LogP contribution >= 0.6 is 34.7 Å². The second-order valence-corrected chi connectivity index (χ2v) is 6.79. The number of rotatable bonds is 6. The normalized spacial score (nSPS) is 10.3. The highest BCUT2D eigenvalue weighted by atomic mass is 35.5. The largest absolute Gasteiger partial charge is 0.450 e. The van der Waals surface area contributed by atoms with Gasteiger partial charge in [0.15, 0.2) is 4.34 Å². The first-order valence-corrected chi connectivity index (χ1v) is 8.81. The van der Waals surface area contributed by atoms with Gasteiger partial charge in [0, 0.05) is 5.69 Å². The van der Waals surface area contributed by atoms with Crippen molar-refractivity contribution in [1.29, 1.82) is 0 Å². The minimum Gasteiger partial charge on any atom is -0.450 e. The second-order valence-electron chi connectivity index (χ2n) is 4.18. The van der Waals surface area contributed by atoms with Gasteiger partial charge in [-0.1, -0.05) is 34.7 Å². The van der Waals surface area contributed by atoms with Crippen LogP contribution in [0.5, 0.6) is 0 Å². The lowest BCUT2D eigenvalue weighted by atomic mass is 10.3. The molecule has 0 atom stereocenters. The predicted octanol–water partition coefficient (Wildman–Crippen LogP) is 3.63. The fraction of sp³-hybridized carbons (Fsp3) is 0.231. The topological polar surface area (TPSA) is 93.2 Å². The molecule has 1 aromatic carbocycles. The van der Waals surface area contributed by atoms with Crippen LogP contribution in [-0.4, -0.2) is 34.6 Å². The van der Waals surface area contributed by atoms with Crippen LogP contribution in [0.4, 0.5) is 20.0 Å². The number of hydrogen-bond acceptors (Lipinski definition) is 7. The first-order valence-electron chi connectivity index (χ1n) is 6.63. The van der Waals surface area contributed by atoms with Crippen molar-refractivity contribution >= 4 is 57.5 Å². The average Bonchev–Trinajstić information content (AvgIpc) is 2.96. The summed E-state index contributed by atoms with van der Waals surface area (Å²) in [5.41, 5.74) is 0.397. The number of halogens is 2. The maximum absolute atomic E-state index is 13.0. The number of carbonyl (C=O) groups excluding carboxylic acids is 2. The van der Waals surface area contributed by atoms with E-state index in [4.69, 9.17) is 16.3 Å². The molecular weight excluding hydrogens is 379 g/mol. The third-order valence-electron chi connectivity index (χ3n) is 2.42. The lowest BCUT2D eigenvalue weighted by Gasteiger charge is -2.04. The van der Waals surface area contributed by atoms with Crippen molar-refractivity contribution in [3.05, 3.63) is 29.0 Å². The molecular formula is C13H12ClFN4O3S2. The van der Waals surface area contributed by atoms with Gasteiger partial charge in [0.05, 0.1) is 17.4 Å². The second kappa shape index (κ2) is 8.81. The number of nitrogens with one attached hydrogen (secondary N) is 2. The van der Waals surface area contributed by atoms with Crippen molar-refractivity contribution < 1.29 is 18.7 Å². The average molecular weight is 391 g/mol. The SMILES string of the molecule is CCOC(=O)Nc1nnc(SCC(=O)Nc2ccc(F)c(Cl)c2)s1. The van der Waals surface area contributed by atoms with Gasteiger partial charge in [-0.05, 0) is 25.1 Å². The van der Waals surface area contributed by atoms with Crippen molar-refractivity contribution in [2.45, 2.75) is 11.3 Å². The molecule has 0 bridgehead atoms. The van der Waals surface area contributed by atoms with Crippen LogP contribution in [0, 0.1) is 5.82 Å². The smallest absolute Gasteiger partial charge is 0.413 e. The van der Waals surface area contributed by atoms with Crippen molar-refractivity contribution in [3.8, 4) is 0 Å². The van der Waals surface area contributed by atoms with Crippen LogP contribution in [0.3, 0.4) is 0 Å². The molecule has 0 aliphatic rings. The zero-order chi connectivity index (χ0) is 17.5. The number of thioether (sulfide) groups is 1. The molecule has 0 aliphatic carbocycles. The minimum absolute atomic E-state index is 0.0701. The lowest BCUT2D eigenvalue weighted by molar-refractivity contribution is -0.113.